The molecule has 0 N–H and O–H groups in total. The number of aryl methyl sites for hydroxylation is 1. The number of ether oxygens (including phenoxy) is 1. The third kappa shape index (κ3) is 2.77. The maximum Gasteiger partial charge on any atom is 0.345 e. The minimum Gasteiger partial charge on any atom is -0.458 e. The van der Waals surface area contributed by atoms with Gasteiger partial charge in [0.05, 0.1) is 0 Å². The van der Waals surface area contributed by atoms with Crippen LogP contribution in [0.5, 0.6) is 0 Å². The second-order valence-electron chi connectivity index (χ2n) is 4.34. The average Bonchev–Trinajstić information content (AvgIpc) is 2.45. The van der Waals surface area contributed by atoms with E-state index in [9.17, 15) is 9.59 Å². The fourth-order valence-corrected chi connectivity index (χ4v) is 1.82. The van der Waals surface area contributed by atoms with E-state index in [1.807, 2.05) is 26.0 Å². The highest BCUT2D eigenvalue weighted by molar-refractivity contribution is 5.88. The van der Waals surface area contributed by atoms with Crippen molar-refractivity contribution in [2.45, 2.75) is 20.3 Å². The van der Waals surface area contributed by atoms with Crippen LogP contribution in [0, 0.1) is 6.92 Å². The highest BCUT2D eigenvalue weighted by atomic mass is 16.5. The zero-order valence-corrected chi connectivity index (χ0v) is 11.5. The van der Waals surface area contributed by atoms with Crippen molar-refractivity contribution in [3.05, 3.63) is 58.2 Å². The van der Waals surface area contributed by atoms with Crippen molar-refractivity contribution in [2.75, 3.05) is 6.61 Å². The lowest BCUT2D eigenvalue weighted by Gasteiger charge is -2.05. The lowest BCUT2D eigenvalue weighted by atomic mass is 10.2. The summed E-state index contributed by atoms with van der Waals surface area (Å²) in [4.78, 5) is 28.2. The Morgan fingerprint density at radius 2 is 2.25 bits per heavy atom. The van der Waals surface area contributed by atoms with E-state index in [1.54, 1.807) is 18.3 Å². The van der Waals surface area contributed by atoms with Crippen LogP contribution in [0.25, 0.3) is 5.65 Å². The number of fused-ring (bicyclic) bond motifs is 1. The average molecular weight is 272 g/mol. The Morgan fingerprint density at radius 3 is 3.00 bits per heavy atom. The molecule has 0 unspecified atom stereocenters. The first kappa shape index (κ1) is 14.0. The molecule has 0 aliphatic carbocycles. The van der Waals surface area contributed by atoms with Crippen LogP contribution < -0.4 is 5.56 Å². The third-order valence-electron chi connectivity index (χ3n) is 2.86. The fraction of sp³-hybridized carbons (Fsp3) is 0.267. The Hall–Kier alpha value is -2.43. The summed E-state index contributed by atoms with van der Waals surface area (Å²) in [5.74, 6) is -0.654. The summed E-state index contributed by atoms with van der Waals surface area (Å²) < 4.78 is 6.37. The van der Waals surface area contributed by atoms with Gasteiger partial charge in [0.2, 0.25) is 0 Å². The largest absolute Gasteiger partial charge is 0.458 e. The summed E-state index contributed by atoms with van der Waals surface area (Å²) >= 11 is 0. The lowest BCUT2D eigenvalue weighted by molar-refractivity contribution is 0.0546. The Morgan fingerprint density at radius 1 is 1.45 bits per heavy atom. The van der Waals surface area contributed by atoms with Crippen molar-refractivity contribution in [3.63, 3.8) is 0 Å². The first-order valence-electron chi connectivity index (χ1n) is 6.44. The van der Waals surface area contributed by atoms with Crippen LogP contribution in [0.4, 0.5) is 0 Å². The van der Waals surface area contributed by atoms with Crippen molar-refractivity contribution in [3.8, 4) is 0 Å². The van der Waals surface area contributed by atoms with Gasteiger partial charge in [-0.2, -0.15) is 0 Å². The summed E-state index contributed by atoms with van der Waals surface area (Å²) in [6.07, 6.45) is 7.37. The SMILES string of the molecule is CCC=CCOC(=O)c1cnc2c(C)cccn2c1=O. The Balaban J connectivity index is 2.32. The van der Waals surface area contributed by atoms with Gasteiger partial charge in [0.25, 0.3) is 5.56 Å². The molecule has 0 radical (unpaired) electrons. The van der Waals surface area contributed by atoms with Crippen molar-refractivity contribution < 1.29 is 9.53 Å². The zero-order valence-electron chi connectivity index (χ0n) is 11.5. The molecule has 0 aromatic carbocycles. The maximum absolute atomic E-state index is 12.2. The number of rotatable bonds is 4. The maximum atomic E-state index is 12.2. The summed E-state index contributed by atoms with van der Waals surface area (Å²) in [5.41, 5.74) is 0.941. The number of hydrogen-bond acceptors (Lipinski definition) is 4. The molecule has 5 heteroatoms. The van der Waals surface area contributed by atoms with E-state index in [2.05, 4.69) is 4.98 Å². The van der Waals surface area contributed by atoms with Gasteiger partial charge in [-0.25, -0.2) is 9.78 Å². The van der Waals surface area contributed by atoms with E-state index < -0.39 is 11.5 Å². The molecule has 2 aromatic rings. The summed E-state index contributed by atoms with van der Waals surface area (Å²) in [6.45, 7) is 4.00. The fourth-order valence-electron chi connectivity index (χ4n) is 1.82. The first-order chi connectivity index (χ1) is 9.65. The van der Waals surface area contributed by atoms with Crippen LogP contribution in [0.3, 0.4) is 0 Å². The molecule has 2 heterocycles. The number of hydrogen-bond donors (Lipinski definition) is 0. The monoisotopic (exact) mass is 272 g/mol. The van der Waals surface area contributed by atoms with Gasteiger partial charge in [-0.1, -0.05) is 25.1 Å². The number of esters is 1. The molecule has 0 saturated carbocycles. The normalized spacial score (nSPS) is 11.1. The Kier molecular flexibility index (Phi) is 4.30. The van der Waals surface area contributed by atoms with Crippen LogP contribution in [-0.2, 0) is 4.74 Å². The highest BCUT2D eigenvalue weighted by Crippen LogP contribution is 2.05. The van der Waals surface area contributed by atoms with Gasteiger partial charge in [0.1, 0.15) is 17.8 Å². The molecule has 0 saturated heterocycles. The van der Waals surface area contributed by atoms with Gasteiger partial charge in [0.15, 0.2) is 0 Å². The van der Waals surface area contributed by atoms with E-state index in [0.717, 1.165) is 12.0 Å². The predicted molar refractivity (Wildman–Crippen MR) is 75.9 cm³/mol. The molecule has 0 aliphatic rings. The van der Waals surface area contributed by atoms with E-state index in [1.165, 1.54) is 10.6 Å². The number of pyridine rings is 1. The van der Waals surface area contributed by atoms with Gasteiger partial charge in [-0.15, -0.1) is 0 Å². The van der Waals surface area contributed by atoms with Crippen molar-refractivity contribution in [2.24, 2.45) is 0 Å². The third-order valence-corrected chi connectivity index (χ3v) is 2.86. The quantitative estimate of drug-likeness (QED) is 0.632. The molecule has 0 aliphatic heterocycles. The van der Waals surface area contributed by atoms with Gasteiger partial charge in [-0.05, 0) is 25.0 Å². The minimum atomic E-state index is -0.654. The number of aromatic nitrogens is 2. The lowest BCUT2D eigenvalue weighted by Crippen LogP contribution is -2.24. The molecule has 0 bridgehead atoms. The number of allylic oxidation sites excluding steroid dienone is 1. The summed E-state index contributed by atoms with van der Waals surface area (Å²) in [7, 11) is 0. The van der Waals surface area contributed by atoms with Crippen LogP contribution in [-0.4, -0.2) is 22.0 Å². The molecule has 104 valence electrons. The van der Waals surface area contributed by atoms with Gasteiger partial charge >= 0.3 is 5.97 Å². The summed E-state index contributed by atoms with van der Waals surface area (Å²) in [5, 5.41) is 0. The summed E-state index contributed by atoms with van der Waals surface area (Å²) in [6, 6.07) is 3.60. The minimum absolute atomic E-state index is 0.0574. The van der Waals surface area contributed by atoms with E-state index in [0.29, 0.717) is 5.65 Å². The Bertz CT molecular complexity index is 717. The molecule has 0 fully saturated rings. The van der Waals surface area contributed by atoms with Gasteiger partial charge < -0.3 is 4.74 Å². The van der Waals surface area contributed by atoms with Crippen molar-refractivity contribution in [1.29, 1.82) is 0 Å². The van der Waals surface area contributed by atoms with Crippen LogP contribution >= 0.6 is 0 Å². The highest BCUT2D eigenvalue weighted by Gasteiger charge is 2.14. The van der Waals surface area contributed by atoms with Gasteiger partial charge in [0, 0.05) is 12.4 Å². The Labute approximate surface area is 116 Å². The van der Waals surface area contributed by atoms with Crippen molar-refractivity contribution in [1.82, 2.24) is 9.38 Å². The molecular weight excluding hydrogens is 256 g/mol. The topological polar surface area (TPSA) is 60.7 Å². The molecule has 2 aromatic heterocycles. The molecule has 0 amide bonds. The number of nitrogens with zero attached hydrogens (tertiary/aromatic N) is 2. The standard InChI is InChI=1S/C15H16N2O3/c1-3-4-5-9-20-15(19)12-10-16-13-11(2)7-6-8-17(13)14(12)18/h4-8,10H,3,9H2,1-2H3. The number of carbonyl (C=O) groups is 1. The second kappa shape index (κ2) is 6.14. The zero-order chi connectivity index (χ0) is 14.5. The van der Waals surface area contributed by atoms with Crippen LogP contribution in [0.1, 0.15) is 29.3 Å². The van der Waals surface area contributed by atoms with E-state index in [-0.39, 0.29) is 12.2 Å². The van der Waals surface area contributed by atoms with Crippen LogP contribution in [0.2, 0.25) is 0 Å². The second-order valence-corrected chi connectivity index (χ2v) is 4.34. The first-order valence-corrected chi connectivity index (χ1v) is 6.44. The molecule has 0 atom stereocenters. The molecular formula is C15H16N2O3. The number of carbonyl (C=O) groups excluding carboxylic acids is 1. The van der Waals surface area contributed by atoms with Gasteiger partial charge in [-0.3, -0.25) is 9.20 Å². The molecule has 20 heavy (non-hydrogen) atoms. The smallest absolute Gasteiger partial charge is 0.345 e. The van der Waals surface area contributed by atoms with Crippen LogP contribution in [0.15, 0.2) is 41.5 Å². The molecule has 5 nitrogen and oxygen atoms in total. The predicted octanol–water partition coefficient (Wildman–Crippen LogP) is 2.13. The molecule has 2 rings (SSSR count). The molecule has 0 spiro atoms. The van der Waals surface area contributed by atoms with Crippen molar-refractivity contribution >= 4 is 11.6 Å². The van der Waals surface area contributed by atoms with E-state index >= 15 is 0 Å². The van der Waals surface area contributed by atoms with E-state index in [4.69, 9.17) is 4.74 Å².